The largest absolute Gasteiger partial charge is 0.342 e. The molecule has 0 spiro atoms. The number of aromatic amines is 1. The molecule has 1 saturated carbocycles. The molecule has 3 rings (SSSR count). The number of H-pyrrole nitrogens is 1. The minimum absolute atomic E-state index is 0.678. The third kappa shape index (κ3) is 1.62. The molecule has 1 aliphatic rings. The highest BCUT2D eigenvalue weighted by atomic mass is 14.9. The molecular formula is C14H18N2. The lowest BCUT2D eigenvalue weighted by molar-refractivity contribution is 0.681. The SMILES string of the molecule is CCc1ccc2nc(C3CCCC3)[nH]c2c1. The van der Waals surface area contributed by atoms with Gasteiger partial charge in [0.15, 0.2) is 0 Å². The Bertz CT molecular complexity index is 492. The predicted octanol–water partition coefficient (Wildman–Crippen LogP) is 3.78. The Balaban J connectivity index is 2.01. The lowest BCUT2D eigenvalue weighted by atomic mass is 10.1. The van der Waals surface area contributed by atoms with Gasteiger partial charge in [0.2, 0.25) is 0 Å². The number of imidazole rings is 1. The Hall–Kier alpha value is -1.31. The summed E-state index contributed by atoms with van der Waals surface area (Å²) < 4.78 is 0. The summed E-state index contributed by atoms with van der Waals surface area (Å²) in [6.07, 6.45) is 6.43. The van der Waals surface area contributed by atoms with Crippen molar-refractivity contribution in [2.75, 3.05) is 0 Å². The number of benzene rings is 1. The fourth-order valence-electron chi connectivity index (χ4n) is 2.69. The zero-order chi connectivity index (χ0) is 11.0. The minimum atomic E-state index is 0.678. The van der Waals surface area contributed by atoms with Crippen LogP contribution in [0.3, 0.4) is 0 Å². The van der Waals surface area contributed by atoms with Crippen LogP contribution < -0.4 is 0 Å². The quantitative estimate of drug-likeness (QED) is 0.809. The second-order valence-electron chi connectivity index (χ2n) is 4.81. The Morgan fingerprint density at radius 2 is 2.12 bits per heavy atom. The molecule has 1 aromatic carbocycles. The average Bonchev–Trinajstić information content (AvgIpc) is 2.96. The van der Waals surface area contributed by atoms with Gasteiger partial charge in [0.05, 0.1) is 11.0 Å². The van der Waals surface area contributed by atoms with Crippen LogP contribution >= 0.6 is 0 Å². The number of rotatable bonds is 2. The summed E-state index contributed by atoms with van der Waals surface area (Å²) in [7, 11) is 0. The number of aromatic nitrogens is 2. The molecule has 0 aliphatic heterocycles. The van der Waals surface area contributed by atoms with Gasteiger partial charge in [-0.1, -0.05) is 25.8 Å². The second kappa shape index (κ2) is 3.93. The molecule has 1 N–H and O–H groups in total. The third-order valence-corrected chi connectivity index (χ3v) is 3.71. The summed E-state index contributed by atoms with van der Waals surface area (Å²) in [4.78, 5) is 8.22. The number of hydrogen-bond acceptors (Lipinski definition) is 1. The van der Waals surface area contributed by atoms with E-state index in [1.165, 1.54) is 42.6 Å². The number of fused-ring (bicyclic) bond motifs is 1. The van der Waals surface area contributed by atoms with E-state index in [0.717, 1.165) is 11.9 Å². The van der Waals surface area contributed by atoms with Gasteiger partial charge in [-0.25, -0.2) is 4.98 Å². The van der Waals surface area contributed by atoms with Gasteiger partial charge in [0.1, 0.15) is 5.82 Å². The smallest absolute Gasteiger partial charge is 0.110 e. The van der Waals surface area contributed by atoms with Crippen LogP contribution in [0.4, 0.5) is 0 Å². The maximum Gasteiger partial charge on any atom is 0.110 e. The molecular weight excluding hydrogens is 196 g/mol. The topological polar surface area (TPSA) is 28.7 Å². The fourth-order valence-corrected chi connectivity index (χ4v) is 2.69. The van der Waals surface area contributed by atoms with E-state index in [0.29, 0.717) is 5.92 Å². The van der Waals surface area contributed by atoms with Gasteiger partial charge < -0.3 is 4.98 Å². The van der Waals surface area contributed by atoms with Crippen LogP contribution in [0.2, 0.25) is 0 Å². The van der Waals surface area contributed by atoms with Gasteiger partial charge in [-0.05, 0) is 37.0 Å². The van der Waals surface area contributed by atoms with Crippen molar-refractivity contribution in [3.8, 4) is 0 Å². The number of nitrogens with zero attached hydrogens (tertiary/aromatic N) is 1. The molecule has 2 heteroatoms. The lowest BCUT2D eigenvalue weighted by Gasteiger charge is -2.02. The molecule has 84 valence electrons. The molecule has 0 saturated heterocycles. The van der Waals surface area contributed by atoms with Crippen molar-refractivity contribution in [2.24, 2.45) is 0 Å². The second-order valence-corrected chi connectivity index (χ2v) is 4.81. The molecule has 0 unspecified atom stereocenters. The third-order valence-electron chi connectivity index (χ3n) is 3.71. The Morgan fingerprint density at radius 3 is 2.88 bits per heavy atom. The summed E-state index contributed by atoms with van der Waals surface area (Å²) in [6, 6.07) is 6.56. The zero-order valence-corrected chi connectivity index (χ0v) is 9.79. The van der Waals surface area contributed by atoms with Gasteiger partial charge in [-0.2, -0.15) is 0 Å². The predicted molar refractivity (Wildman–Crippen MR) is 66.7 cm³/mol. The molecule has 0 amide bonds. The van der Waals surface area contributed by atoms with Crippen LogP contribution in [0.5, 0.6) is 0 Å². The van der Waals surface area contributed by atoms with Gasteiger partial charge in [-0.15, -0.1) is 0 Å². The monoisotopic (exact) mass is 214 g/mol. The summed E-state index contributed by atoms with van der Waals surface area (Å²) in [5.74, 6) is 1.89. The summed E-state index contributed by atoms with van der Waals surface area (Å²) in [5.41, 5.74) is 3.72. The first kappa shape index (κ1) is 9.88. The van der Waals surface area contributed by atoms with Crippen LogP contribution in [-0.2, 0) is 6.42 Å². The first-order valence-corrected chi connectivity index (χ1v) is 6.35. The molecule has 0 atom stereocenters. The summed E-state index contributed by atoms with van der Waals surface area (Å²) in [5, 5.41) is 0. The van der Waals surface area contributed by atoms with Crippen LogP contribution in [0.25, 0.3) is 11.0 Å². The molecule has 1 fully saturated rings. The normalized spacial score (nSPS) is 17.3. The zero-order valence-electron chi connectivity index (χ0n) is 9.79. The molecule has 1 aromatic heterocycles. The Kier molecular flexibility index (Phi) is 2.43. The van der Waals surface area contributed by atoms with E-state index in [2.05, 4.69) is 30.1 Å². The van der Waals surface area contributed by atoms with E-state index >= 15 is 0 Å². The highest BCUT2D eigenvalue weighted by molar-refractivity contribution is 5.76. The highest BCUT2D eigenvalue weighted by Crippen LogP contribution is 2.33. The van der Waals surface area contributed by atoms with E-state index in [1.807, 2.05) is 0 Å². The summed E-state index contributed by atoms with van der Waals surface area (Å²) in [6.45, 7) is 2.19. The first-order chi connectivity index (χ1) is 7.86. The van der Waals surface area contributed by atoms with E-state index < -0.39 is 0 Å². The van der Waals surface area contributed by atoms with E-state index in [-0.39, 0.29) is 0 Å². The molecule has 1 aliphatic carbocycles. The molecule has 2 aromatic rings. The van der Waals surface area contributed by atoms with Gasteiger partial charge in [0.25, 0.3) is 0 Å². The number of nitrogens with one attached hydrogen (secondary N) is 1. The van der Waals surface area contributed by atoms with Crippen LogP contribution in [-0.4, -0.2) is 9.97 Å². The Labute approximate surface area is 96.1 Å². The van der Waals surface area contributed by atoms with Gasteiger partial charge in [0, 0.05) is 5.92 Å². The standard InChI is InChI=1S/C14H18N2/c1-2-10-7-8-12-13(9-10)16-14(15-12)11-5-3-4-6-11/h7-9,11H,2-6H2,1H3,(H,15,16). The van der Waals surface area contributed by atoms with Crippen molar-refractivity contribution in [2.45, 2.75) is 44.9 Å². The number of hydrogen-bond donors (Lipinski definition) is 1. The van der Waals surface area contributed by atoms with Crippen LogP contribution in [0, 0.1) is 0 Å². The van der Waals surface area contributed by atoms with Crippen LogP contribution in [0.15, 0.2) is 18.2 Å². The van der Waals surface area contributed by atoms with Crippen molar-refractivity contribution in [3.63, 3.8) is 0 Å². The van der Waals surface area contributed by atoms with Gasteiger partial charge >= 0.3 is 0 Å². The molecule has 0 bridgehead atoms. The highest BCUT2D eigenvalue weighted by Gasteiger charge is 2.20. The van der Waals surface area contributed by atoms with Crippen molar-refractivity contribution in [3.05, 3.63) is 29.6 Å². The van der Waals surface area contributed by atoms with Crippen molar-refractivity contribution in [1.29, 1.82) is 0 Å². The number of aryl methyl sites for hydroxylation is 1. The fraction of sp³-hybridized carbons (Fsp3) is 0.500. The Morgan fingerprint density at radius 1 is 1.31 bits per heavy atom. The lowest BCUT2D eigenvalue weighted by Crippen LogP contribution is -1.93. The van der Waals surface area contributed by atoms with E-state index in [1.54, 1.807) is 0 Å². The van der Waals surface area contributed by atoms with Crippen molar-refractivity contribution >= 4 is 11.0 Å². The molecule has 0 radical (unpaired) electrons. The maximum absolute atomic E-state index is 4.71. The minimum Gasteiger partial charge on any atom is -0.342 e. The van der Waals surface area contributed by atoms with Crippen LogP contribution in [0.1, 0.15) is 49.9 Å². The van der Waals surface area contributed by atoms with Gasteiger partial charge in [-0.3, -0.25) is 0 Å². The summed E-state index contributed by atoms with van der Waals surface area (Å²) >= 11 is 0. The van der Waals surface area contributed by atoms with E-state index in [4.69, 9.17) is 4.98 Å². The molecule has 2 nitrogen and oxygen atoms in total. The van der Waals surface area contributed by atoms with Crippen molar-refractivity contribution in [1.82, 2.24) is 9.97 Å². The maximum atomic E-state index is 4.71. The first-order valence-electron chi connectivity index (χ1n) is 6.35. The van der Waals surface area contributed by atoms with E-state index in [9.17, 15) is 0 Å². The average molecular weight is 214 g/mol. The van der Waals surface area contributed by atoms with Crippen molar-refractivity contribution < 1.29 is 0 Å². The molecule has 16 heavy (non-hydrogen) atoms. The molecule has 1 heterocycles.